The number of urea groups is 1. The molecule has 1 aliphatic carbocycles. The van der Waals surface area contributed by atoms with Crippen LogP contribution in [0.2, 0.25) is 0 Å². The molecule has 0 aromatic heterocycles. The van der Waals surface area contributed by atoms with Gasteiger partial charge in [0.15, 0.2) is 6.04 Å². The highest BCUT2D eigenvalue weighted by Crippen LogP contribution is 2.48. The number of anilines is 1. The number of carbonyl (C=O) groups is 8. The fourth-order valence-electron chi connectivity index (χ4n) is 12.5. The number of piperidine rings is 1. The number of amides is 8. The second-order valence-electron chi connectivity index (χ2n) is 24.4. The molecule has 13 atom stereocenters. The molecule has 4 rings (SSSR count). The fourth-order valence-corrected chi connectivity index (χ4v) is 12.5. The normalized spacial score (nSPS) is 22.8. The minimum Gasteiger partial charge on any atom is -0.469 e. The molecule has 1 unspecified atom stereocenters. The molecule has 2 bridgehead atoms. The largest absolute Gasteiger partial charge is 0.469 e. The fraction of sp³-hybridized carbons (Fsp3) is 0.759. The number of alkyl carbamates (subject to hydrolysis) is 1. The molecule has 3 aliphatic rings. The number of carbonyl (C=O) groups excluding carboxylic acids is 8. The van der Waals surface area contributed by atoms with Crippen molar-refractivity contribution < 1.29 is 61.8 Å². The van der Waals surface area contributed by atoms with E-state index in [0.29, 0.717) is 49.1 Å². The Morgan fingerprint density at radius 3 is 2.12 bits per heavy atom. The van der Waals surface area contributed by atoms with Gasteiger partial charge in [-0.1, -0.05) is 54.0 Å². The van der Waals surface area contributed by atoms with Gasteiger partial charge in [0, 0.05) is 64.5 Å². The molecule has 3 fully saturated rings. The molecule has 452 valence electrons. The third kappa shape index (κ3) is 17.2. The van der Waals surface area contributed by atoms with Crippen molar-refractivity contribution in [3.05, 3.63) is 29.3 Å². The summed E-state index contributed by atoms with van der Waals surface area (Å²) in [5, 5.41) is 17.5. The van der Waals surface area contributed by atoms with Crippen LogP contribution in [0.1, 0.15) is 138 Å². The number of likely N-dealkylation sites (tertiary alicyclic amines) is 2. The number of primary amides is 1. The number of methoxy groups -OCH3 is 3. The van der Waals surface area contributed by atoms with Crippen molar-refractivity contribution in [3.8, 4) is 0 Å². The van der Waals surface area contributed by atoms with Gasteiger partial charge in [-0.05, 0) is 109 Å². The Hall–Kier alpha value is -5.58. The molecule has 1 aromatic carbocycles. The summed E-state index contributed by atoms with van der Waals surface area (Å²) >= 11 is 0. The molecule has 2 saturated heterocycles. The Balaban J connectivity index is 1.56. The summed E-state index contributed by atoms with van der Waals surface area (Å²) in [6.45, 7) is 19.9. The van der Waals surface area contributed by atoms with Gasteiger partial charge in [0.2, 0.25) is 23.6 Å². The molecular weight excluding hydrogens is 1030 g/mol. The van der Waals surface area contributed by atoms with Gasteiger partial charge in [-0.2, -0.15) is 0 Å². The quantitative estimate of drug-likeness (QED) is 0.0330. The number of quaternary nitrogens is 1. The highest BCUT2D eigenvalue weighted by Gasteiger charge is 2.60. The topological polar surface area (TPSA) is 278 Å². The van der Waals surface area contributed by atoms with E-state index in [0.717, 1.165) is 36.8 Å². The van der Waals surface area contributed by atoms with Gasteiger partial charge < -0.3 is 70.9 Å². The van der Waals surface area contributed by atoms with Crippen LogP contribution in [0.15, 0.2) is 18.2 Å². The van der Waals surface area contributed by atoms with Crippen LogP contribution < -0.4 is 37.6 Å². The third-order valence-corrected chi connectivity index (χ3v) is 16.9. The number of likely N-dealkylation sites (N-methyl/N-ethyl adjacent to an activating group) is 2. The van der Waals surface area contributed by atoms with Crippen molar-refractivity contribution in [2.75, 3.05) is 60.9 Å². The van der Waals surface area contributed by atoms with Crippen LogP contribution in [-0.2, 0) is 60.8 Å². The summed E-state index contributed by atoms with van der Waals surface area (Å²) in [7, 11) is 10.1. The average molecular weight is 1130 g/mol. The lowest BCUT2D eigenvalue weighted by atomic mass is 9.89. The number of nitrogens with zero attached hydrogens (tertiary/aromatic N) is 3. The minimum absolute atomic E-state index is 0.00294. The molecule has 1 aromatic rings. The second kappa shape index (κ2) is 29.9. The van der Waals surface area contributed by atoms with Crippen molar-refractivity contribution in [3.63, 3.8) is 0 Å². The van der Waals surface area contributed by atoms with Gasteiger partial charge >= 0.3 is 18.1 Å². The monoisotopic (exact) mass is 1130 g/mol. The lowest BCUT2D eigenvalue weighted by molar-refractivity contribution is -0.952. The summed E-state index contributed by atoms with van der Waals surface area (Å²) in [4.78, 5) is 112. The zero-order valence-corrected chi connectivity index (χ0v) is 50.8. The van der Waals surface area contributed by atoms with E-state index >= 15 is 4.79 Å². The van der Waals surface area contributed by atoms with Crippen LogP contribution >= 0.6 is 0 Å². The second-order valence-corrected chi connectivity index (χ2v) is 24.4. The van der Waals surface area contributed by atoms with E-state index in [1.165, 1.54) is 14.2 Å². The third-order valence-electron chi connectivity index (χ3n) is 16.9. The van der Waals surface area contributed by atoms with Crippen LogP contribution in [-0.4, -0.2) is 178 Å². The first-order valence-electron chi connectivity index (χ1n) is 28.8. The van der Waals surface area contributed by atoms with Crippen LogP contribution in [0.25, 0.3) is 0 Å². The van der Waals surface area contributed by atoms with Gasteiger partial charge in [-0.3, -0.25) is 28.8 Å². The molecule has 80 heavy (non-hydrogen) atoms. The van der Waals surface area contributed by atoms with E-state index in [4.69, 9.17) is 24.7 Å². The van der Waals surface area contributed by atoms with Gasteiger partial charge in [-0.25, -0.2) is 9.59 Å². The summed E-state index contributed by atoms with van der Waals surface area (Å²) in [5.41, 5.74) is 6.84. The number of ether oxygens (including phenoxy) is 4. The predicted octanol–water partition coefficient (Wildman–Crippen LogP) is 4.56. The Morgan fingerprint density at radius 1 is 0.875 bits per heavy atom. The number of esters is 1. The van der Waals surface area contributed by atoms with Crippen molar-refractivity contribution in [1.82, 2.24) is 36.4 Å². The van der Waals surface area contributed by atoms with Crippen LogP contribution in [0.3, 0.4) is 0 Å². The lowest BCUT2D eigenvalue weighted by Crippen LogP contribution is -2.64. The maximum atomic E-state index is 15.0. The van der Waals surface area contributed by atoms with Crippen molar-refractivity contribution in [2.24, 2.45) is 35.3 Å². The molecule has 1 saturated carbocycles. The van der Waals surface area contributed by atoms with Gasteiger partial charge in [0.25, 0.3) is 5.91 Å². The highest BCUT2D eigenvalue weighted by atomic mass is 16.6. The minimum atomic E-state index is -1.06. The number of hydrogen-bond donors (Lipinski definition) is 7. The average Bonchev–Trinajstić information content (AvgIpc) is 4.21. The first-order valence-corrected chi connectivity index (χ1v) is 28.8. The number of benzene rings is 1. The van der Waals surface area contributed by atoms with Gasteiger partial charge in [0.05, 0.1) is 56.8 Å². The van der Waals surface area contributed by atoms with E-state index in [2.05, 4.69) is 38.9 Å². The lowest BCUT2D eigenvalue weighted by Gasteiger charge is -2.45. The van der Waals surface area contributed by atoms with Crippen molar-refractivity contribution in [1.29, 1.82) is 0 Å². The molecule has 2 heterocycles. The zero-order chi connectivity index (χ0) is 60.0. The summed E-state index contributed by atoms with van der Waals surface area (Å²) in [6.07, 6.45) is 3.25. The maximum Gasteiger partial charge on any atom is 0.408 e. The molecule has 22 heteroatoms. The summed E-state index contributed by atoms with van der Waals surface area (Å²) in [5.74, 6) is -3.34. The number of nitrogens with two attached hydrogens (primary N) is 1. The van der Waals surface area contributed by atoms with Crippen LogP contribution in [0.5, 0.6) is 0 Å². The van der Waals surface area contributed by atoms with Gasteiger partial charge in [0.1, 0.15) is 30.3 Å². The van der Waals surface area contributed by atoms with Crippen LogP contribution in [0.4, 0.5) is 15.3 Å². The number of nitrogens with one attached hydrogen (secondary N) is 6. The molecular formula is C58H99N10O12+. The van der Waals surface area contributed by atoms with Gasteiger partial charge in [-0.15, -0.1) is 0 Å². The first-order chi connectivity index (χ1) is 37.6. The van der Waals surface area contributed by atoms with Crippen LogP contribution in [0, 0.1) is 29.6 Å². The number of hydrogen-bond acceptors (Lipinski definition) is 13. The van der Waals surface area contributed by atoms with E-state index in [-0.39, 0.29) is 72.9 Å². The molecule has 2 aliphatic heterocycles. The van der Waals surface area contributed by atoms with E-state index < -0.39 is 83.8 Å². The zero-order valence-electron chi connectivity index (χ0n) is 50.8. The Labute approximate surface area is 475 Å². The van der Waals surface area contributed by atoms with E-state index in [1.54, 1.807) is 71.6 Å². The number of rotatable bonds is 29. The molecule has 8 amide bonds. The predicted molar refractivity (Wildman–Crippen MR) is 304 cm³/mol. The first kappa shape index (κ1) is 66.9. The molecule has 8 N–H and O–H groups in total. The molecule has 0 spiro atoms. The Morgan fingerprint density at radius 2 is 1.55 bits per heavy atom. The smallest absolute Gasteiger partial charge is 0.408 e. The standard InChI is InChI=1S/C58H98N10O12/c1-17-35(6)48(44(77-14)30-45(69)67-27-19-21-43(67)50(78-15)36(7)55(74)79-16)66(12)54(73)47(34(4)5)64-53(72)49-37-23-25-41(29-37)68(49,13)32-38-22-24-40(28-39(38)31-60-11)62-51(70)42(20-18-26-61-56(59)75)63-52(71)46(33(2)3)65-57(76)80-58(8,9)10/h22,24,28,33-37,41-44,46-50,60H,17-21,23,25-27,29-32H2,1-16H3,(H6-,59,61,62,63,64,65,70,71,72,75,76)/p+1/t35-,36+,37-,41+,42-,43-,44+,46-,47-,48-,49-,50+,68?/m0/s1. The van der Waals surface area contributed by atoms with E-state index in [1.807, 2.05) is 46.9 Å². The maximum absolute atomic E-state index is 15.0. The Bertz CT molecular complexity index is 2300. The van der Waals surface area contributed by atoms with Crippen molar-refractivity contribution >= 4 is 53.3 Å². The molecule has 22 nitrogen and oxygen atoms in total. The highest BCUT2D eigenvalue weighted by molar-refractivity contribution is 5.98. The van der Waals surface area contributed by atoms with Crippen molar-refractivity contribution in [2.45, 2.75) is 200 Å². The summed E-state index contributed by atoms with van der Waals surface area (Å²) < 4.78 is 22.8. The number of fused-ring (bicyclic) bond motifs is 2. The Kier molecular flexibility index (Phi) is 25.0. The summed E-state index contributed by atoms with van der Waals surface area (Å²) in [6, 6.07) is 0.860. The van der Waals surface area contributed by atoms with E-state index in [9.17, 15) is 33.6 Å². The SMILES string of the molecule is CC[C@H](C)[C@@H]([C@@H](CC(=O)N1CCC[C@H]1[C@H](OC)[C@@H](C)C(=O)OC)OC)N(C)C(=O)[C@@H](NC(=O)[C@@H]1[C@H]2CC[C@H](C2)[N+]1(C)Cc1ccc(NC(=O)[C@H](CCCNC(N)=O)NC(=O)[C@@H](NC(=O)OC(C)(C)C)C(C)C)cc1CNC)C(C)C. The molecule has 0 radical (unpaired) electrons.